The first kappa shape index (κ1) is 13.4. The van der Waals surface area contributed by atoms with Gasteiger partial charge in [-0.3, -0.25) is 4.79 Å². The average Bonchev–Trinajstić information content (AvgIpc) is 2.42. The van der Waals surface area contributed by atoms with Gasteiger partial charge in [-0.1, -0.05) is 0 Å². The number of amides is 1. The van der Waals surface area contributed by atoms with Crippen LogP contribution in [0.5, 0.6) is 0 Å². The van der Waals surface area contributed by atoms with Crippen molar-refractivity contribution in [1.82, 2.24) is 10.2 Å². The molecule has 1 saturated heterocycles. The summed E-state index contributed by atoms with van der Waals surface area (Å²) in [6.07, 6.45) is 1.98. The smallest absolute Gasteiger partial charge is 0.243 e. The zero-order valence-electron chi connectivity index (χ0n) is 10.1. The lowest BCUT2D eigenvalue weighted by molar-refractivity contribution is -0.132. The van der Waals surface area contributed by atoms with Gasteiger partial charge in [0.25, 0.3) is 0 Å². The minimum absolute atomic E-state index is 0.293. The Balaban J connectivity index is 2.84. The van der Waals surface area contributed by atoms with Crippen LogP contribution in [0, 0.1) is 0 Å². The minimum Gasteiger partial charge on any atom is -0.340 e. The quantitative estimate of drug-likeness (QED) is 0.724. The van der Waals surface area contributed by atoms with Crippen LogP contribution in [0.15, 0.2) is 0 Å². The molecule has 1 heterocycles. The van der Waals surface area contributed by atoms with Gasteiger partial charge in [-0.15, -0.1) is 0 Å². The van der Waals surface area contributed by atoms with Crippen LogP contribution in [0.1, 0.15) is 20.3 Å². The Morgan fingerprint density at radius 3 is 2.44 bits per heavy atom. The molecule has 0 aromatic rings. The number of rotatable bonds is 2. The van der Waals surface area contributed by atoms with E-state index in [9.17, 15) is 13.2 Å². The normalized spacial score (nSPS) is 19.3. The molecule has 0 saturated carbocycles. The Kier molecular flexibility index (Phi) is 3.96. The average molecular weight is 248 g/mol. The molecule has 0 aliphatic carbocycles. The Labute approximate surface area is 97.1 Å². The molecule has 1 N–H and O–H groups in total. The maximum Gasteiger partial charge on any atom is 0.243 e. The Hall–Kier alpha value is -0.620. The van der Waals surface area contributed by atoms with Gasteiger partial charge in [0.15, 0.2) is 9.84 Å². The molecule has 0 atom stereocenters. The summed E-state index contributed by atoms with van der Waals surface area (Å²) in [6.45, 7) is 5.77. The van der Waals surface area contributed by atoms with E-state index in [-0.39, 0.29) is 5.91 Å². The molecule has 1 rings (SSSR count). The lowest BCUT2D eigenvalue weighted by Gasteiger charge is -2.29. The van der Waals surface area contributed by atoms with Gasteiger partial charge in [0, 0.05) is 25.9 Å². The zero-order valence-corrected chi connectivity index (χ0v) is 10.9. The summed E-state index contributed by atoms with van der Waals surface area (Å²) in [5, 5.41) is 3.18. The monoisotopic (exact) mass is 248 g/mol. The van der Waals surface area contributed by atoms with Crippen molar-refractivity contribution in [3.63, 3.8) is 0 Å². The van der Waals surface area contributed by atoms with E-state index in [0.29, 0.717) is 13.1 Å². The summed E-state index contributed by atoms with van der Waals surface area (Å²) < 4.78 is 21.8. The summed E-state index contributed by atoms with van der Waals surface area (Å²) in [7, 11) is -3.37. The van der Waals surface area contributed by atoms with Crippen LogP contribution in [0.4, 0.5) is 0 Å². The molecule has 94 valence electrons. The number of sulfone groups is 1. The van der Waals surface area contributed by atoms with Gasteiger partial charge in [0.2, 0.25) is 5.91 Å². The lowest BCUT2D eigenvalue weighted by atomic mass is 10.1. The third kappa shape index (κ3) is 2.74. The van der Waals surface area contributed by atoms with Gasteiger partial charge < -0.3 is 10.2 Å². The molecule has 5 nitrogen and oxygen atoms in total. The molecule has 0 aromatic carbocycles. The first-order chi connectivity index (χ1) is 7.27. The number of nitrogens with one attached hydrogen (secondary N) is 1. The molecular formula is C10H20N2O3S. The predicted molar refractivity (Wildman–Crippen MR) is 63.0 cm³/mol. The number of carbonyl (C=O) groups excluding carboxylic acids is 1. The molecule has 1 aliphatic heterocycles. The summed E-state index contributed by atoms with van der Waals surface area (Å²) >= 11 is 0. The van der Waals surface area contributed by atoms with Crippen molar-refractivity contribution >= 4 is 15.7 Å². The van der Waals surface area contributed by atoms with Crippen LogP contribution in [0.25, 0.3) is 0 Å². The predicted octanol–water partition coefficient (Wildman–Crippen LogP) is -0.368. The van der Waals surface area contributed by atoms with Crippen molar-refractivity contribution < 1.29 is 13.2 Å². The molecule has 1 fully saturated rings. The summed E-state index contributed by atoms with van der Waals surface area (Å²) in [5.41, 5.74) is 0. The van der Waals surface area contributed by atoms with Gasteiger partial charge in [0.05, 0.1) is 0 Å². The molecule has 0 spiro atoms. The number of carbonyl (C=O) groups is 1. The van der Waals surface area contributed by atoms with Crippen LogP contribution in [0.3, 0.4) is 0 Å². The fourth-order valence-corrected chi connectivity index (χ4v) is 2.03. The van der Waals surface area contributed by atoms with Crippen LogP contribution < -0.4 is 5.32 Å². The highest BCUT2D eigenvalue weighted by Gasteiger charge is 2.41. The van der Waals surface area contributed by atoms with Crippen molar-refractivity contribution in [1.29, 1.82) is 0 Å². The van der Waals surface area contributed by atoms with E-state index in [1.165, 1.54) is 13.8 Å². The van der Waals surface area contributed by atoms with Gasteiger partial charge in [-0.05, 0) is 26.8 Å². The van der Waals surface area contributed by atoms with Gasteiger partial charge >= 0.3 is 0 Å². The van der Waals surface area contributed by atoms with E-state index in [4.69, 9.17) is 0 Å². The molecule has 0 radical (unpaired) electrons. The third-order valence-electron chi connectivity index (χ3n) is 3.07. The standard InChI is InChI=1S/C10H20N2O3S/c1-10(2,16(3,14)15)9(13)12-7-4-5-11-6-8-12/h11H,4-8H2,1-3H3. The van der Waals surface area contributed by atoms with Gasteiger partial charge in [0.1, 0.15) is 4.75 Å². The fourth-order valence-electron chi connectivity index (χ4n) is 1.59. The minimum atomic E-state index is -3.37. The highest BCUT2D eigenvalue weighted by molar-refractivity contribution is 7.92. The highest BCUT2D eigenvalue weighted by atomic mass is 32.2. The highest BCUT2D eigenvalue weighted by Crippen LogP contribution is 2.19. The topological polar surface area (TPSA) is 66.5 Å². The largest absolute Gasteiger partial charge is 0.340 e. The maximum atomic E-state index is 12.1. The van der Waals surface area contributed by atoms with Crippen LogP contribution in [-0.4, -0.2) is 56.4 Å². The van der Waals surface area contributed by atoms with Gasteiger partial charge in [-0.2, -0.15) is 0 Å². The van der Waals surface area contributed by atoms with E-state index < -0.39 is 14.6 Å². The second-order valence-electron chi connectivity index (χ2n) is 4.68. The van der Waals surface area contributed by atoms with Crippen LogP contribution in [0.2, 0.25) is 0 Å². The molecule has 0 bridgehead atoms. The third-order valence-corrected chi connectivity index (χ3v) is 5.10. The van der Waals surface area contributed by atoms with Crippen molar-refractivity contribution in [3.8, 4) is 0 Å². The maximum absolute atomic E-state index is 12.1. The molecule has 0 unspecified atom stereocenters. The fraction of sp³-hybridized carbons (Fsp3) is 0.900. The summed E-state index contributed by atoms with van der Waals surface area (Å²) in [6, 6.07) is 0. The Morgan fingerprint density at radius 1 is 1.25 bits per heavy atom. The second kappa shape index (κ2) is 4.71. The Morgan fingerprint density at radius 2 is 1.88 bits per heavy atom. The second-order valence-corrected chi connectivity index (χ2v) is 7.24. The molecule has 1 amide bonds. The molecule has 16 heavy (non-hydrogen) atoms. The first-order valence-corrected chi connectivity index (χ1v) is 7.35. The molecule has 0 aromatic heterocycles. The van der Waals surface area contributed by atoms with Crippen molar-refractivity contribution in [2.75, 3.05) is 32.4 Å². The number of hydrogen-bond donors (Lipinski definition) is 1. The number of hydrogen-bond acceptors (Lipinski definition) is 4. The van der Waals surface area contributed by atoms with E-state index >= 15 is 0 Å². The molecular weight excluding hydrogens is 228 g/mol. The van der Waals surface area contributed by atoms with E-state index in [0.717, 1.165) is 25.8 Å². The SMILES string of the molecule is CC(C)(C(=O)N1CCCNCC1)S(C)(=O)=O. The van der Waals surface area contributed by atoms with E-state index in [1.807, 2.05) is 0 Å². The van der Waals surface area contributed by atoms with Crippen molar-refractivity contribution in [2.45, 2.75) is 25.0 Å². The van der Waals surface area contributed by atoms with E-state index in [2.05, 4.69) is 5.32 Å². The lowest BCUT2D eigenvalue weighted by Crippen LogP contribution is -2.50. The molecule has 1 aliphatic rings. The number of nitrogens with zero attached hydrogens (tertiary/aromatic N) is 1. The van der Waals surface area contributed by atoms with E-state index in [1.54, 1.807) is 4.90 Å². The van der Waals surface area contributed by atoms with Crippen LogP contribution >= 0.6 is 0 Å². The first-order valence-electron chi connectivity index (χ1n) is 5.46. The molecule has 6 heteroatoms. The summed E-state index contributed by atoms with van der Waals surface area (Å²) in [4.78, 5) is 13.8. The van der Waals surface area contributed by atoms with Crippen molar-refractivity contribution in [3.05, 3.63) is 0 Å². The Bertz CT molecular complexity index is 354. The van der Waals surface area contributed by atoms with Crippen molar-refractivity contribution in [2.24, 2.45) is 0 Å². The zero-order chi connectivity index (χ0) is 12.4. The summed E-state index contributed by atoms with van der Waals surface area (Å²) in [5.74, 6) is -0.293. The van der Waals surface area contributed by atoms with Crippen LogP contribution in [-0.2, 0) is 14.6 Å². The van der Waals surface area contributed by atoms with Gasteiger partial charge in [-0.25, -0.2) is 8.42 Å².